The maximum atomic E-state index is 13.0. The lowest BCUT2D eigenvalue weighted by Crippen LogP contribution is -2.50. The van der Waals surface area contributed by atoms with Crippen LogP contribution in [0.2, 0.25) is 0 Å². The van der Waals surface area contributed by atoms with Gasteiger partial charge in [0, 0.05) is 32.2 Å². The molecule has 1 aromatic heterocycles. The molecule has 1 aliphatic heterocycles. The van der Waals surface area contributed by atoms with Crippen molar-refractivity contribution < 1.29 is 17.9 Å². The predicted octanol–water partition coefficient (Wildman–Crippen LogP) is 1.78. The van der Waals surface area contributed by atoms with Gasteiger partial charge in [-0.25, -0.2) is 13.1 Å². The highest BCUT2D eigenvalue weighted by Crippen LogP contribution is 2.19. The molecule has 10 heteroatoms. The van der Waals surface area contributed by atoms with Crippen molar-refractivity contribution in [2.45, 2.75) is 18.4 Å². The predicted molar refractivity (Wildman–Crippen MR) is 126 cm³/mol. The zero-order valence-corrected chi connectivity index (χ0v) is 19.6. The second-order valence-electron chi connectivity index (χ2n) is 7.95. The Kier molecular flexibility index (Phi) is 7.09. The maximum Gasteiger partial charge on any atom is 0.274 e. The van der Waals surface area contributed by atoms with Gasteiger partial charge in [-0.05, 0) is 37.3 Å². The number of nitrogens with zero attached hydrogens (tertiary/aromatic N) is 4. The van der Waals surface area contributed by atoms with E-state index in [1.54, 1.807) is 29.2 Å². The van der Waals surface area contributed by atoms with Gasteiger partial charge in [0.1, 0.15) is 18.1 Å². The van der Waals surface area contributed by atoms with Gasteiger partial charge in [0.2, 0.25) is 10.0 Å². The number of benzene rings is 2. The van der Waals surface area contributed by atoms with E-state index in [1.807, 2.05) is 37.3 Å². The Hall–Kier alpha value is -3.50. The average molecular weight is 483 g/mol. The number of aromatic nitrogens is 2. The number of ether oxygens (including phenoxy) is 1. The van der Waals surface area contributed by atoms with Crippen molar-refractivity contribution >= 4 is 15.9 Å². The fourth-order valence-corrected chi connectivity index (χ4v) is 5.06. The summed E-state index contributed by atoms with van der Waals surface area (Å²) < 4.78 is 34.0. The summed E-state index contributed by atoms with van der Waals surface area (Å²) in [5.74, 6) is 0.339. The number of para-hydroxylation sites is 1. The Morgan fingerprint density at radius 2 is 1.62 bits per heavy atom. The highest BCUT2D eigenvalue weighted by Gasteiger charge is 2.31. The van der Waals surface area contributed by atoms with E-state index in [4.69, 9.17) is 4.74 Å². The summed E-state index contributed by atoms with van der Waals surface area (Å²) in [6, 6.07) is 18.6. The van der Waals surface area contributed by atoms with Gasteiger partial charge < -0.3 is 9.64 Å². The second kappa shape index (κ2) is 10.2. The molecular formula is C24H26N4O5S. The van der Waals surface area contributed by atoms with Crippen LogP contribution in [0.15, 0.2) is 76.4 Å². The van der Waals surface area contributed by atoms with Gasteiger partial charge in [-0.1, -0.05) is 35.9 Å². The molecule has 1 fully saturated rings. The summed E-state index contributed by atoms with van der Waals surface area (Å²) >= 11 is 0. The summed E-state index contributed by atoms with van der Waals surface area (Å²) in [5, 5.41) is 4.20. The van der Waals surface area contributed by atoms with E-state index in [2.05, 4.69) is 5.10 Å². The molecular weight excluding hydrogens is 456 g/mol. The molecule has 1 amide bonds. The molecule has 2 aromatic carbocycles. The first-order valence-electron chi connectivity index (χ1n) is 11.0. The number of rotatable bonds is 7. The van der Waals surface area contributed by atoms with Gasteiger partial charge in [0.25, 0.3) is 11.5 Å². The normalized spacial score (nSPS) is 14.7. The Balaban J connectivity index is 1.37. The second-order valence-corrected chi connectivity index (χ2v) is 9.89. The highest BCUT2D eigenvalue weighted by molar-refractivity contribution is 7.89. The highest BCUT2D eigenvalue weighted by atomic mass is 32.2. The smallest absolute Gasteiger partial charge is 0.274 e. The van der Waals surface area contributed by atoms with E-state index >= 15 is 0 Å². The summed E-state index contributed by atoms with van der Waals surface area (Å²) in [5.41, 5.74) is 0.784. The van der Waals surface area contributed by atoms with Gasteiger partial charge in [-0.15, -0.1) is 0 Å². The number of hydrogen-bond donors (Lipinski definition) is 0. The van der Waals surface area contributed by atoms with Gasteiger partial charge in [-0.2, -0.15) is 9.40 Å². The molecule has 0 N–H and O–H groups in total. The van der Waals surface area contributed by atoms with Crippen molar-refractivity contribution in [1.29, 1.82) is 0 Å². The van der Waals surface area contributed by atoms with Gasteiger partial charge in [0.05, 0.1) is 11.4 Å². The van der Waals surface area contributed by atoms with E-state index in [-0.39, 0.29) is 61.4 Å². The molecule has 0 aliphatic carbocycles. The van der Waals surface area contributed by atoms with Gasteiger partial charge in [0.15, 0.2) is 0 Å². The number of aryl methyl sites for hydroxylation is 1. The molecule has 1 saturated heterocycles. The Labute approximate surface area is 198 Å². The molecule has 3 aromatic rings. The lowest BCUT2D eigenvalue weighted by Gasteiger charge is -2.33. The maximum absolute atomic E-state index is 13.0. The van der Waals surface area contributed by atoms with Gasteiger partial charge >= 0.3 is 0 Å². The van der Waals surface area contributed by atoms with Crippen LogP contribution in [0.5, 0.6) is 5.75 Å². The quantitative estimate of drug-likeness (QED) is 0.509. The van der Waals surface area contributed by atoms with Crippen molar-refractivity contribution in [3.8, 4) is 5.75 Å². The van der Waals surface area contributed by atoms with Crippen LogP contribution in [0.4, 0.5) is 0 Å². The molecule has 2 heterocycles. The largest absolute Gasteiger partial charge is 0.492 e. The molecule has 1 aliphatic rings. The third-order valence-electron chi connectivity index (χ3n) is 5.59. The SMILES string of the molecule is Cc1ccc(S(=O)(=O)N2CCN(C(=O)c3ccc(=O)n(CCOc4ccccc4)n3)CC2)cc1. The fraction of sp³-hybridized carbons (Fsp3) is 0.292. The lowest BCUT2D eigenvalue weighted by atomic mass is 10.2. The minimum Gasteiger partial charge on any atom is -0.492 e. The summed E-state index contributed by atoms with van der Waals surface area (Å²) in [4.78, 5) is 26.9. The van der Waals surface area contributed by atoms with Crippen LogP contribution in [0, 0.1) is 6.92 Å². The van der Waals surface area contributed by atoms with Gasteiger partial charge in [-0.3, -0.25) is 9.59 Å². The Morgan fingerprint density at radius 3 is 2.29 bits per heavy atom. The number of amides is 1. The first-order valence-corrected chi connectivity index (χ1v) is 12.4. The Bertz CT molecular complexity index is 1300. The van der Waals surface area contributed by atoms with Crippen molar-refractivity contribution in [2.24, 2.45) is 0 Å². The third-order valence-corrected chi connectivity index (χ3v) is 7.50. The molecule has 4 rings (SSSR count). The van der Waals surface area contributed by atoms with E-state index < -0.39 is 10.0 Å². The molecule has 9 nitrogen and oxygen atoms in total. The molecule has 0 unspecified atom stereocenters. The van der Waals surface area contributed by atoms with Crippen LogP contribution < -0.4 is 10.3 Å². The minimum atomic E-state index is -3.62. The minimum absolute atomic E-state index is 0.133. The molecule has 0 bridgehead atoms. The molecule has 34 heavy (non-hydrogen) atoms. The third kappa shape index (κ3) is 5.35. The van der Waals surface area contributed by atoms with Crippen molar-refractivity contribution in [2.75, 3.05) is 32.8 Å². The van der Waals surface area contributed by atoms with Crippen LogP contribution in [0.1, 0.15) is 16.1 Å². The van der Waals surface area contributed by atoms with Crippen LogP contribution in [-0.2, 0) is 16.6 Å². The number of carbonyl (C=O) groups excluding carboxylic acids is 1. The zero-order valence-electron chi connectivity index (χ0n) is 18.8. The summed E-state index contributed by atoms with van der Waals surface area (Å²) in [6.45, 7) is 3.17. The summed E-state index contributed by atoms with van der Waals surface area (Å²) in [6.07, 6.45) is 0. The number of sulfonamides is 1. The van der Waals surface area contributed by atoms with Crippen LogP contribution in [-0.4, -0.2) is 66.1 Å². The van der Waals surface area contributed by atoms with E-state index in [9.17, 15) is 18.0 Å². The summed E-state index contributed by atoms with van der Waals surface area (Å²) in [7, 11) is -3.62. The van der Waals surface area contributed by atoms with Crippen molar-refractivity contribution in [3.63, 3.8) is 0 Å². The number of hydrogen-bond acceptors (Lipinski definition) is 6. The molecule has 0 saturated carbocycles. The molecule has 0 spiro atoms. The lowest BCUT2D eigenvalue weighted by molar-refractivity contribution is 0.0688. The number of piperazine rings is 1. The molecule has 0 atom stereocenters. The first kappa shape index (κ1) is 23.7. The molecule has 178 valence electrons. The topological polar surface area (TPSA) is 102 Å². The average Bonchev–Trinajstić information content (AvgIpc) is 2.86. The van der Waals surface area contributed by atoms with Crippen molar-refractivity contribution in [3.05, 3.63) is 88.3 Å². The monoisotopic (exact) mass is 482 g/mol. The number of carbonyl (C=O) groups is 1. The first-order chi connectivity index (χ1) is 16.3. The van der Waals surface area contributed by atoms with E-state index in [0.717, 1.165) is 5.56 Å². The van der Waals surface area contributed by atoms with E-state index in [0.29, 0.717) is 5.75 Å². The van der Waals surface area contributed by atoms with Crippen LogP contribution in [0.3, 0.4) is 0 Å². The Morgan fingerprint density at radius 1 is 0.941 bits per heavy atom. The van der Waals surface area contributed by atoms with Crippen LogP contribution in [0.25, 0.3) is 0 Å². The van der Waals surface area contributed by atoms with Crippen molar-refractivity contribution in [1.82, 2.24) is 19.0 Å². The molecule has 0 radical (unpaired) electrons. The zero-order chi connectivity index (χ0) is 24.1. The van der Waals surface area contributed by atoms with Crippen LogP contribution >= 0.6 is 0 Å². The van der Waals surface area contributed by atoms with E-state index in [1.165, 1.54) is 21.1 Å². The standard InChI is InChI=1S/C24H26N4O5S/c1-19-7-9-21(10-8-19)34(31,32)27-15-13-26(14-16-27)24(30)22-11-12-23(29)28(25-22)17-18-33-20-5-3-2-4-6-20/h2-12H,13-18H2,1H3. The fourth-order valence-electron chi connectivity index (χ4n) is 3.64.